The van der Waals surface area contributed by atoms with Crippen LogP contribution in [0.5, 0.6) is 5.75 Å². The van der Waals surface area contributed by atoms with E-state index in [9.17, 15) is 18.4 Å². The lowest BCUT2D eigenvalue weighted by Crippen LogP contribution is -2.19. The van der Waals surface area contributed by atoms with Gasteiger partial charge in [0.05, 0.1) is 12.2 Å². The molecule has 2 aromatic carbocycles. The van der Waals surface area contributed by atoms with E-state index in [2.05, 4.69) is 15.4 Å². The number of alkyl halides is 2. The van der Waals surface area contributed by atoms with Crippen molar-refractivity contribution in [2.75, 3.05) is 17.2 Å². The van der Waals surface area contributed by atoms with Crippen molar-refractivity contribution in [1.29, 1.82) is 0 Å². The zero-order valence-corrected chi connectivity index (χ0v) is 13.3. The average molecular weight is 350 g/mol. The fourth-order valence-corrected chi connectivity index (χ4v) is 1.95. The Balaban J connectivity index is 1.96. The Kier molecular flexibility index (Phi) is 6.27. The molecular weight excluding hydrogens is 334 g/mol. The van der Waals surface area contributed by atoms with Gasteiger partial charge in [-0.25, -0.2) is 9.59 Å². The Hall–Kier alpha value is -3.16. The Morgan fingerprint density at radius 1 is 1.04 bits per heavy atom. The molecule has 2 aromatic rings. The third-order valence-corrected chi connectivity index (χ3v) is 2.97. The van der Waals surface area contributed by atoms with Crippen LogP contribution in [0.2, 0.25) is 0 Å². The van der Waals surface area contributed by atoms with Crippen molar-refractivity contribution in [3.8, 4) is 5.75 Å². The van der Waals surface area contributed by atoms with Gasteiger partial charge in [-0.15, -0.1) is 0 Å². The SMILES string of the molecule is CCOC(=O)c1cccc(NC(=O)Nc2ccc(OC(F)F)cc2)c1. The number of carbonyl (C=O) groups excluding carboxylic acids is 2. The number of carbonyl (C=O) groups is 2. The first-order valence-electron chi connectivity index (χ1n) is 7.38. The summed E-state index contributed by atoms with van der Waals surface area (Å²) in [5, 5.41) is 5.10. The summed E-state index contributed by atoms with van der Waals surface area (Å²) in [5.74, 6) is -0.496. The maximum atomic E-state index is 12.1. The van der Waals surface area contributed by atoms with E-state index in [0.29, 0.717) is 16.9 Å². The molecule has 0 unspecified atom stereocenters. The summed E-state index contributed by atoms with van der Waals surface area (Å²) < 4.78 is 33.3. The van der Waals surface area contributed by atoms with Gasteiger partial charge in [-0.05, 0) is 49.4 Å². The van der Waals surface area contributed by atoms with E-state index in [0.717, 1.165) is 0 Å². The van der Waals surface area contributed by atoms with E-state index in [4.69, 9.17) is 4.74 Å². The van der Waals surface area contributed by atoms with E-state index in [-0.39, 0.29) is 12.4 Å². The number of benzene rings is 2. The summed E-state index contributed by atoms with van der Waals surface area (Å²) in [6.45, 7) is -0.957. The smallest absolute Gasteiger partial charge is 0.387 e. The summed E-state index contributed by atoms with van der Waals surface area (Å²) in [7, 11) is 0. The van der Waals surface area contributed by atoms with Crippen molar-refractivity contribution in [3.63, 3.8) is 0 Å². The topological polar surface area (TPSA) is 76.7 Å². The molecule has 0 fully saturated rings. The van der Waals surface area contributed by atoms with E-state index in [1.165, 1.54) is 30.3 Å². The van der Waals surface area contributed by atoms with Crippen LogP contribution >= 0.6 is 0 Å². The molecule has 6 nitrogen and oxygen atoms in total. The zero-order chi connectivity index (χ0) is 18.2. The van der Waals surface area contributed by atoms with Gasteiger partial charge in [0, 0.05) is 11.4 Å². The molecule has 0 aliphatic heterocycles. The van der Waals surface area contributed by atoms with Gasteiger partial charge in [0.25, 0.3) is 0 Å². The molecule has 0 atom stereocenters. The fraction of sp³-hybridized carbons (Fsp3) is 0.176. The summed E-state index contributed by atoms with van der Waals surface area (Å²) in [5.41, 5.74) is 1.11. The van der Waals surface area contributed by atoms with Crippen LogP contribution in [-0.4, -0.2) is 25.2 Å². The maximum absolute atomic E-state index is 12.1. The first-order chi connectivity index (χ1) is 12.0. The molecule has 8 heteroatoms. The highest BCUT2D eigenvalue weighted by atomic mass is 19.3. The lowest BCUT2D eigenvalue weighted by atomic mass is 10.2. The highest BCUT2D eigenvalue weighted by Crippen LogP contribution is 2.18. The third-order valence-electron chi connectivity index (χ3n) is 2.97. The zero-order valence-electron chi connectivity index (χ0n) is 13.3. The van der Waals surface area contributed by atoms with Crippen LogP contribution in [0.1, 0.15) is 17.3 Å². The predicted molar refractivity (Wildman–Crippen MR) is 88.1 cm³/mol. The number of hydrogen-bond donors (Lipinski definition) is 2. The number of rotatable bonds is 6. The Labute approximate surface area is 142 Å². The summed E-state index contributed by atoms with van der Waals surface area (Å²) in [6, 6.07) is 11.2. The van der Waals surface area contributed by atoms with Crippen molar-refractivity contribution >= 4 is 23.4 Å². The first-order valence-corrected chi connectivity index (χ1v) is 7.38. The summed E-state index contributed by atoms with van der Waals surface area (Å²) in [6.07, 6.45) is 0. The highest BCUT2D eigenvalue weighted by Gasteiger charge is 2.09. The van der Waals surface area contributed by atoms with Gasteiger partial charge in [0.2, 0.25) is 0 Å². The monoisotopic (exact) mass is 350 g/mol. The number of esters is 1. The van der Waals surface area contributed by atoms with Crippen LogP contribution in [-0.2, 0) is 4.74 Å². The fourth-order valence-electron chi connectivity index (χ4n) is 1.95. The summed E-state index contributed by atoms with van der Waals surface area (Å²) in [4.78, 5) is 23.6. The number of ether oxygens (including phenoxy) is 2. The van der Waals surface area contributed by atoms with Gasteiger partial charge in [0.15, 0.2) is 0 Å². The minimum absolute atomic E-state index is 0.0110. The first kappa shape index (κ1) is 18.2. The van der Waals surface area contributed by atoms with Crippen LogP contribution in [0.25, 0.3) is 0 Å². The second kappa shape index (κ2) is 8.62. The Bertz CT molecular complexity index is 736. The maximum Gasteiger partial charge on any atom is 0.387 e. The molecule has 25 heavy (non-hydrogen) atoms. The van der Waals surface area contributed by atoms with Gasteiger partial charge in [-0.1, -0.05) is 6.07 Å². The Morgan fingerprint density at radius 3 is 2.36 bits per heavy atom. The van der Waals surface area contributed by atoms with Crippen LogP contribution < -0.4 is 15.4 Å². The molecule has 0 aliphatic carbocycles. The second-order valence-electron chi connectivity index (χ2n) is 4.78. The normalized spacial score (nSPS) is 10.2. The predicted octanol–water partition coefficient (Wildman–Crippen LogP) is 4.11. The summed E-state index contributed by atoms with van der Waals surface area (Å²) >= 11 is 0. The van der Waals surface area contributed by atoms with E-state index in [1.807, 2.05) is 0 Å². The molecule has 0 aliphatic rings. The van der Waals surface area contributed by atoms with Crippen LogP contribution in [0, 0.1) is 0 Å². The molecule has 132 valence electrons. The van der Waals surface area contributed by atoms with E-state index < -0.39 is 18.6 Å². The lowest BCUT2D eigenvalue weighted by Gasteiger charge is -2.10. The largest absolute Gasteiger partial charge is 0.462 e. The van der Waals surface area contributed by atoms with Crippen LogP contribution in [0.3, 0.4) is 0 Å². The number of nitrogens with one attached hydrogen (secondary N) is 2. The standard InChI is InChI=1S/C17H16F2N2O4/c1-2-24-15(22)11-4-3-5-13(10-11)21-17(23)20-12-6-8-14(9-7-12)25-16(18)19/h3-10,16H,2H2,1H3,(H2,20,21,23). The van der Waals surface area contributed by atoms with Crippen molar-refractivity contribution in [2.45, 2.75) is 13.5 Å². The van der Waals surface area contributed by atoms with Crippen LogP contribution in [0.15, 0.2) is 48.5 Å². The van der Waals surface area contributed by atoms with Crippen LogP contribution in [0.4, 0.5) is 25.0 Å². The average Bonchev–Trinajstić information content (AvgIpc) is 2.56. The minimum Gasteiger partial charge on any atom is -0.462 e. The van der Waals surface area contributed by atoms with Crippen molar-refractivity contribution in [2.24, 2.45) is 0 Å². The molecule has 0 saturated heterocycles. The molecule has 2 amide bonds. The van der Waals surface area contributed by atoms with Crippen molar-refractivity contribution in [1.82, 2.24) is 0 Å². The molecule has 2 rings (SSSR count). The number of anilines is 2. The molecule has 0 heterocycles. The van der Waals surface area contributed by atoms with Gasteiger partial charge >= 0.3 is 18.6 Å². The van der Waals surface area contributed by atoms with Crippen molar-refractivity contribution < 1.29 is 27.8 Å². The van der Waals surface area contributed by atoms with Gasteiger partial charge in [0.1, 0.15) is 5.75 Å². The van der Waals surface area contributed by atoms with Gasteiger partial charge in [-0.3, -0.25) is 0 Å². The molecule has 2 N–H and O–H groups in total. The van der Waals surface area contributed by atoms with E-state index in [1.54, 1.807) is 25.1 Å². The quantitative estimate of drug-likeness (QED) is 0.769. The number of amides is 2. The molecule has 0 spiro atoms. The minimum atomic E-state index is -2.91. The Morgan fingerprint density at radius 2 is 1.72 bits per heavy atom. The van der Waals surface area contributed by atoms with Gasteiger partial charge in [-0.2, -0.15) is 8.78 Å². The number of hydrogen-bond acceptors (Lipinski definition) is 4. The number of halogens is 2. The second-order valence-corrected chi connectivity index (χ2v) is 4.78. The third kappa shape index (κ3) is 5.76. The highest BCUT2D eigenvalue weighted by molar-refractivity contribution is 6.00. The van der Waals surface area contributed by atoms with Gasteiger partial charge < -0.3 is 20.1 Å². The number of urea groups is 1. The lowest BCUT2D eigenvalue weighted by molar-refractivity contribution is -0.0498. The molecule has 0 saturated carbocycles. The molecule has 0 radical (unpaired) electrons. The molecular formula is C17H16F2N2O4. The molecule has 0 aromatic heterocycles. The van der Waals surface area contributed by atoms with Crippen molar-refractivity contribution in [3.05, 3.63) is 54.1 Å². The molecule has 0 bridgehead atoms. The van der Waals surface area contributed by atoms with E-state index >= 15 is 0 Å².